The van der Waals surface area contributed by atoms with E-state index in [9.17, 15) is 5.11 Å². The Labute approximate surface area is 109 Å². The lowest BCUT2D eigenvalue weighted by Crippen LogP contribution is -2.44. The molecule has 1 aromatic rings. The first-order chi connectivity index (χ1) is 8.38. The molecule has 0 heterocycles. The molecule has 0 aliphatic rings. The zero-order valence-corrected chi connectivity index (χ0v) is 11.8. The first-order valence-electron chi connectivity index (χ1n) is 6.05. The molecule has 0 aliphatic heterocycles. The van der Waals surface area contributed by atoms with Gasteiger partial charge in [0.25, 0.3) is 0 Å². The monoisotopic (exact) mass is 253 g/mol. The van der Waals surface area contributed by atoms with Crippen molar-refractivity contribution in [1.82, 2.24) is 5.32 Å². The van der Waals surface area contributed by atoms with Gasteiger partial charge in [0.05, 0.1) is 19.8 Å². The fourth-order valence-corrected chi connectivity index (χ4v) is 1.51. The number of ether oxygens (including phenoxy) is 2. The van der Waals surface area contributed by atoms with E-state index in [4.69, 9.17) is 9.47 Å². The molecule has 1 rings (SSSR count). The molecule has 0 radical (unpaired) electrons. The summed E-state index contributed by atoms with van der Waals surface area (Å²) in [5.74, 6) is 1.43. The Hall–Kier alpha value is -1.26. The van der Waals surface area contributed by atoms with Gasteiger partial charge in [-0.2, -0.15) is 0 Å². The van der Waals surface area contributed by atoms with Gasteiger partial charge >= 0.3 is 0 Å². The highest BCUT2D eigenvalue weighted by Gasteiger charge is 2.21. The number of hydrogen-bond acceptors (Lipinski definition) is 4. The van der Waals surface area contributed by atoms with Gasteiger partial charge in [0.1, 0.15) is 0 Å². The summed E-state index contributed by atoms with van der Waals surface area (Å²) in [6.07, 6.45) is 0. The maximum Gasteiger partial charge on any atom is 0.161 e. The number of methoxy groups -OCH3 is 2. The Bertz CT molecular complexity index is 385. The van der Waals surface area contributed by atoms with Crippen molar-refractivity contribution in [3.8, 4) is 11.5 Å². The summed E-state index contributed by atoms with van der Waals surface area (Å²) in [6.45, 7) is 6.21. The Balaban J connectivity index is 2.69. The number of nitrogens with one attached hydrogen (secondary N) is 1. The van der Waals surface area contributed by atoms with Crippen LogP contribution in [0.5, 0.6) is 11.5 Å². The van der Waals surface area contributed by atoms with Crippen LogP contribution >= 0.6 is 0 Å². The molecular formula is C14H23NO3. The van der Waals surface area contributed by atoms with Crippen molar-refractivity contribution < 1.29 is 14.6 Å². The lowest BCUT2D eigenvalue weighted by atomic mass is 10.0. The van der Waals surface area contributed by atoms with E-state index in [0.717, 1.165) is 11.3 Å². The fraction of sp³-hybridized carbons (Fsp3) is 0.571. The van der Waals surface area contributed by atoms with E-state index in [-0.39, 0.29) is 6.04 Å². The summed E-state index contributed by atoms with van der Waals surface area (Å²) in [5, 5.41) is 13.1. The van der Waals surface area contributed by atoms with Gasteiger partial charge in [-0.15, -0.1) is 0 Å². The van der Waals surface area contributed by atoms with Gasteiger partial charge in [-0.05, 0) is 38.5 Å². The van der Waals surface area contributed by atoms with Gasteiger partial charge in [0.15, 0.2) is 11.5 Å². The molecule has 18 heavy (non-hydrogen) atoms. The van der Waals surface area contributed by atoms with Crippen LogP contribution in [-0.4, -0.2) is 31.0 Å². The summed E-state index contributed by atoms with van der Waals surface area (Å²) in [4.78, 5) is 0. The predicted molar refractivity (Wildman–Crippen MR) is 72.1 cm³/mol. The highest BCUT2D eigenvalue weighted by molar-refractivity contribution is 5.42. The van der Waals surface area contributed by atoms with Crippen molar-refractivity contribution in [2.45, 2.75) is 39.0 Å². The molecule has 0 aliphatic carbocycles. The molecule has 0 bridgehead atoms. The van der Waals surface area contributed by atoms with Crippen LogP contribution in [-0.2, 0) is 6.54 Å². The van der Waals surface area contributed by atoms with Gasteiger partial charge in [-0.3, -0.25) is 0 Å². The van der Waals surface area contributed by atoms with Crippen molar-refractivity contribution >= 4 is 0 Å². The molecule has 0 spiro atoms. The summed E-state index contributed by atoms with van der Waals surface area (Å²) >= 11 is 0. The third kappa shape index (κ3) is 3.89. The largest absolute Gasteiger partial charge is 0.493 e. The smallest absolute Gasteiger partial charge is 0.161 e. The van der Waals surface area contributed by atoms with Gasteiger partial charge in [0.2, 0.25) is 0 Å². The van der Waals surface area contributed by atoms with Crippen LogP contribution in [0, 0.1) is 0 Å². The van der Waals surface area contributed by atoms with Crippen LogP contribution in [0.4, 0.5) is 0 Å². The minimum atomic E-state index is -0.740. The molecule has 1 unspecified atom stereocenters. The van der Waals surface area contributed by atoms with E-state index in [0.29, 0.717) is 12.3 Å². The molecule has 0 saturated heterocycles. The average Bonchev–Trinajstić information content (AvgIpc) is 2.34. The molecule has 1 aromatic carbocycles. The maximum atomic E-state index is 9.84. The third-order valence-corrected chi connectivity index (χ3v) is 3.12. The standard InChI is InChI=1S/C14H23NO3/c1-10(14(2,3)16)15-9-11-6-7-12(17-4)13(8-11)18-5/h6-8,10,15-16H,9H2,1-5H3. The summed E-state index contributed by atoms with van der Waals surface area (Å²) in [7, 11) is 3.24. The Morgan fingerprint density at radius 1 is 1.22 bits per heavy atom. The molecule has 4 nitrogen and oxygen atoms in total. The second kappa shape index (κ2) is 6.07. The van der Waals surface area contributed by atoms with Crippen LogP contribution in [0.15, 0.2) is 18.2 Å². The Kier molecular flexibility index (Phi) is 4.99. The predicted octanol–water partition coefficient (Wildman–Crippen LogP) is 1.95. The van der Waals surface area contributed by atoms with E-state index in [2.05, 4.69) is 5.32 Å². The van der Waals surface area contributed by atoms with Gasteiger partial charge in [0, 0.05) is 12.6 Å². The Morgan fingerprint density at radius 2 is 1.83 bits per heavy atom. The second-order valence-corrected chi connectivity index (χ2v) is 4.95. The zero-order valence-electron chi connectivity index (χ0n) is 11.8. The van der Waals surface area contributed by atoms with Crippen molar-refractivity contribution in [3.05, 3.63) is 23.8 Å². The summed E-state index contributed by atoms with van der Waals surface area (Å²) < 4.78 is 10.4. The van der Waals surface area contributed by atoms with Crippen LogP contribution < -0.4 is 14.8 Å². The van der Waals surface area contributed by atoms with Crippen LogP contribution in [0.2, 0.25) is 0 Å². The number of hydrogen-bond donors (Lipinski definition) is 2. The fourth-order valence-electron chi connectivity index (χ4n) is 1.51. The van der Waals surface area contributed by atoms with E-state index in [1.807, 2.05) is 25.1 Å². The Morgan fingerprint density at radius 3 is 2.33 bits per heavy atom. The zero-order chi connectivity index (χ0) is 13.8. The van der Waals surface area contributed by atoms with Crippen LogP contribution in [0.25, 0.3) is 0 Å². The van der Waals surface area contributed by atoms with E-state index in [1.165, 1.54) is 0 Å². The lowest BCUT2D eigenvalue weighted by Gasteiger charge is -2.27. The molecule has 2 N–H and O–H groups in total. The first-order valence-corrected chi connectivity index (χ1v) is 6.05. The lowest BCUT2D eigenvalue weighted by molar-refractivity contribution is 0.0437. The molecule has 0 saturated carbocycles. The van der Waals surface area contributed by atoms with E-state index in [1.54, 1.807) is 28.1 Å². The normalized spacial score (nSPS) is 13.2. The first kappa shape index (κ1) is 14.8. The highest BCUT2D eigenvalue weighted by atomic mass is 16.5. The second-order valence-electron chi connectivity index (χ2n) is 4.95. The van der Waals surface area contributed by atoms with Gasteiger partial charge < -0.3 is 19.9 Å². The minimum absolute atomic E-state index is 0.00518. The number of benzene rings is 1. The molecule has 4 heteroatoms. The summed E-state index contributed by atoms with van der Waals surface area (Å²) in [6, 6.07) is 5.80. The molecule has 102 valence electrons. The topological polar surface area (TPSA) is 50.7 Å². The molecule has 0 fully saturated rings. The SMILES string of the molecule is COc1ccc(CNC(C)C(C)(C)O)cc1OC. The van der Waals surface area contributed by atoms with E-state index >= 15 is 0 Å². The quantitative estimate of drug-likeness (QED) is 0.813. The third-order valence-electron chi connectivity index (χ3n) is 3.12. The van der Waals surface area contributed by atoms with Crippen LogP contribution in [0.3, 0.4) is 0 Å². The van der Waals surface area contributed by atoms with E-state index < -0.39 is 5.60 Å². The molecule has 0 aromatic heterocycles. The van der Waals surface area contributed by atoms with Crippen molar-refractivity contribution in [1.29, 1.82) is 0 Å². The number of rotatable bonds is 6. The minimum Gasteiger partial charge on any atom is -0.493 e. The van der Waals surface area contributed by atoms with Gasteiger partial charge in [-0.25, -0.2) is 0 Å². The highest BCUT2D eigenvalue weighted by Crippen LogP contribution is 2.27. The van der Waals surface area contributed by atoms with Crippen molar-refractivity contribution in [2.75, 3.05) is 14.2 Å². The average molecular weight is 253 g/mol. The van der Waals surface area contributed by atoms with Crippen molar-refractivity contribution in [2.24, 2.45) is 0 Å². The maximum absolute atomic E-state index is 9.84. The molecule has 1 atom stereocenters. The number of aliphatic hydroxyl groups is 1. The van der Waals surface area contributed by atoms with Crippen molar-refractivity contribution in [3.63, 3.8) is 0 Å². The molecule has 0 amide bonds. The van der Waals surface area contributed by atoms with Gasteiger partial charge in [-0.1, -0.05) is 6.07 Å². The summed E-state index contributed by atoms with van der Waals surface area (Å²) in [5.41, 5.74) is 0.347. The van der Waals surface area contributed by atoms with Crippen LogP contribution in [0.1, 0.15) is 26.3 Å². The molecular weight excluding hydrogens is 230 g/mol.